The zero-order valence-electron chi connectivity index (χ0n) is 8.73. The van der Waals surface area contributed by atoms with Crippen LogP contribution in [0.1, 0.15) is 24.1 Å². The fourth-order valence-corrected chi connectivity index (χ4v) is 2.37. The maximum Gasteiger partial charge on any atom is 0.329 e. The van der Waals surface area contributed by atoms with Crippen LogP contribution in [0.4, 0.5) is 5.13 Å². The summed E-state index contributed by atoms with van der Waals surface area (Å²) in [5.41, 5.74) is 8.26. The van der Waals surface area contributed by atoms with Crippen molar-refractivity contribution in [3.8, 4) is 0 Å². The van der Waals surface area contributed by atoms with E-state index in [1.54, 1.807) is 11.3 Å². The van der Waals surface area contributed by atoms with Crippen molar-refractivity contribution in [2.75, 3.05) is 5.73 Å². The van der Waals surface area contributed by atoms with Crippen molar-refractivity contribution in [1.82, 2.24) is 0 Å². The average Bonchev–Trinajstić information content (AvgIpc) is 2.66. The molecule has 1 heterocycles. The molecule has 3 heteroatoms. The monoisotopic (exact) mass is 219 g/mol. The summed E-state index contributed by atoms with van der Waals surface area (Å²) in [4.78, 5) is 3.19. The van der Waals surface area contributed by atoms with Crippen molar-refractivity contribution < 1.29 is 4.98 Å². The number of H-pyrrole nitrogens is 1. The molecule has 1 atom stereocenters. The van der Waals surface area contributed by atoms with Crippen molar-refractivity contribution in [2.45, 2.75) is 19.3 Å². The summed E-state index contributed by atoms with van der Waals surface area (Å²) in [5, 5.41) is 2.88. The second-order valence-corrected chi connectivity index (χ2v) is 4.68. The molecule has 1 aromatic carbocycles. The van der Waals surface area contributed by atoms with Crippen LogP contribution in [0.25, 0.3) is 0 Å². The van der Waals surface area contributed by atoms with Crippen LogP contribution in [0.2, 0.25) is 0 Å². The molecule has 78 valence electrons. The Morgan fingerprint density at radius 3 is 2.67 bits per heavy atom. The minimum absolute atomic E-state index is 0.487. The van der Waals surface area contributed by atoms with Gasteiger partial charge in [-0.15, -0.1) is 0 Å². The molecule has 0 spiro atoms. The number of thiazole rings is 1. The molecule has 0 aliphatic heterocycles. The second-order valence-electron chi connectivity index (χ2n) is 3.77. The predicted octanol–water partition coefficient (Wildman–Crippen LogP) is 2.49. The Morgan fingerprint density at radius 2 is 2.07 bits per heavy atom. The molecule has 0 saturated carbocycles. The van der Waals surface area contributed by atoms with Gasteiger partial charge in [0.25, 0.3) is 0 Å². The Kier molecular flexibility index (Phi) is 3.02. The maximum absolute atomic E-state index is 5.67. The zero-order valence-corrected chi connectivity index (χ0v) is 9.55. The molecular weight excluding hydrogens is 204 g/mol. The quantitative estimate of drug-likeness (QED) is 0.846. The fourth-order valence-electron chi connectivity index (χ4n) is 1.65. The summed E-state index contributed by atoms with van der Waals surface area (Å²) in [7, 11) is 0. The first kappa shape index (κ1) is 10.2. The summed E-state index contributed by atoms with van der Waals surface area (Å²) in [6.45, 7) is 2.21. The average molecular weight is 219 g/mol. The molecule has 3 N–H and O–H groups in total. The van der Waals surface area contributed by atoms with E-state index in [-0.39, 0.29) is 0 Å². The van der Waals surface area contributed by atoms with Crippen molar-refractivity contribution in [3.63, 3.8) is 0 Å². The van der Waals surface area contributed by atoms with E-state index in [1.165, 1.54) is 11.3 Å². The Hall–Kier alpha value is -1.35. The summed E-state index contributed by atoms with van der Waals surface area (Å²) in [6, 6.07) is 10.5. The molecule has 2 aromatic rings. The number of hydrogen-bond donors (Lipinski definition) is 1. The maximum atomic E-state index is 5.67. The van der Waals surface area contributed by atoms with Gasteiger partial charge in [0.2, 0.25) is 0 Å². The Bertz CT molecular complexity index is 422. The van der Waals surface area contributed by atoms with Gasteiger partial charge in [-0.1, -0.05) is 48.6 Å². The van der Waals surface area contributed by atoms with Crippen molar-refractivity contribution in [2.24, 2.45) is 0 Å². The highest BCUT2D eigenvalue weighted by Gasteiger charge is 2.12. The van der Waals surface area contributed by atoms with Crippen LogP contribution in [-0.4, -0.2) is 0 Å². The number of aromatic nitrogens is 1. The molecule has 15 heavy (non-hydrogen) atoms. The van der Waals surface area contributed by atoms with Crippen LogP contribution < -0.4 is 10.7 Å². The highest BCUT2D eigenvalue weighted by atomic mass is 32.1. The number of hydrogen-bond acceptors (Lipinski definition) is 2. The predicted molar refractivity (Wildman–Crippen MR) is 63.8 cm³/mol. The van der Waals surface area contributed by atoms with Gasteiger partial charge >= 0.3 is 5.13 Å². The molecule has 2 rings (SSSR count). The van der Waals surface area contributed by atoms with Gasteiger partial charge in [0.1, 0.15) is 5.69 Å². The molecule has 1 aromatic heterocycles. The number of nitrogens with one attached hydrogen (secondary N) is 1. The van der Waals surface area contributed by atoms with Crippen LogP contribution in [0.3, 0.4) is 0 Å². The van der Waals surface area contributed by atoms with Crippen molar-refractivity contribution >= 4 is 16.5 Å². The van der Waals surface area contributed by atoms with Gasteiger partial charge in [0, 0.05) is 11.3 Å². The second kappa shape index (κ2) is 4.45. The molecule has 0 saturated heterocycles. The number of aromatic amines is 1. The molecule has 0 bridgehead atoms. The van der Waals surface area contributed by atoms with E-state index in [1.807, 2.05) is 6.07 Å². The topological polar surface area (TPSA) is 40.2 Å². The van der Waals surface area contributed by atoms with Crippen LogP contribution in [0.5, 0.6) is 0 Å². The van der Waals surface area contributed by atoms with Gasteiger partial charge in [-0.3, -0.25) is 5.73 Å². The molecule has 0 fully saturated rings. The Balaban J connectivity index is 2.07. The third-order valence-electron chi connectivity index (χ3n) is 2.50. The molecular formula is C12H15N2S+. The molecule has 0 unspecified atom stereocenters. The summed E-state index contributed by atoms with van der Waals surface area (Å²) < 4.78 is 0. The van der Waals surface area contributed by atoms with Gasteiger partial charge < -0.3 is 0 Å². The van der Waals surface area contributed by atoms with Crippen LogP contribution in [0.15, 0.2) is 35.7 Å². The van der Waals surface area contributed by atoms with E-state index in [2.05, 4.69) is 41.6 Å². The van der Waals surface area contributed by atoms with E-state index in [0.29, 0.717) is 5.92 Å². The van der Waals surface area contributed by atoms with E-state index in [9.17, 15) is 0 Å². The minimum atomic E-state index is 0.487. The van der Waals surface area contributed by atoms with Gasteiger partial charge in [-0.05, 0) is 12.0 Å². The summed E-state index contributed by atoms with van der Waals surface area (Å²) in [5.74, 6) is 0.487. The summed E-state index contributed by atoms with van der Waals surface area (Å²) >= 11 is 1.57. The van der Waals surface area contributed by atoms with E-state index >= 15 is 0 Å². The lowest BCUT2D eigenvalue weighted by atomic mass is 9.99. The molecule has 0 aliphatic carbocycles. The van der Waals surface area contributed by atoms with Gasteiger partial charge in [-0.25, -0.2) is 4.98 Å². The fraction of sp³-hybridized carbons (Fsp3) is 0.250. The normalized spacial score (nSPS) is 12.6. The van der Waals surface area contributed by atoms with E-state index in [4.69, 9.17) is 5.73 Å². The third kappa shape index (κ3) is 2.57. The first-order valence-electron chi connectivity index (χ1n) is 5.06. The highest BCUT2D eigenvalue weighted by molar-refractivity contribution is 7.13. The lowest BCUT2D eigenvalue weighted by Crippen LogP contribution is -2.14. The smallest absolute Gasteiger partial charge is 0.278 e. The van der Waals surface area contributed by atoms with Crippen molar-refractivity contribution in [3.05, 3.63) is 47.0 Å². The first-order chi connectivity index (χ1) is 7.25. The standard InChI is InChI=1S/C12H14N2S/c1-9(11-8-15-12(13)14-11)7-10-5-3-2-4-6-10/h2-6,8-9H,7H2,1H3,(H2,13,14)/p+1/t9-/m0/s1. The summed E-state index contributed by atoms with van der Waals surface area (Å²) in [6.07, 6.45) is 1.05. The number of rotatable bonds is 3. The van der Waals surface area contributed by atoms with E-state index in [0.717, 1.165) is 11.6 Å². The number of nitrogens with two attached hydrogens (primary N) is 1. The molecule has 2 nitrogen and oxygen atoms in total. The Morgan fingerprint density at radius 1 is 1.33 bits per heavy atom. The third-order valence-corrected chi connectivity index (χ3v) is 3.22. The van der Waals surface area contributed by atoms with Gasteiger partial charge in [0.05, 0.1) is 0 Å². The van der Waals surface area contributed by atoms with Crippen LogP contribution in [0, 0.1) is 0 Å². The number of nitrogen functional groups attached to an aromatic ring is 1. The lowest BCUT2D eigenvalue weighted by Gasteiger charge is -2.06. The zero-order chi connectivity index (χ0) is 10.7. The largest absolute Gasteiger partial charge is 0.329 e. The van der Waals surface area contributed by atoms with Crippen LogP contribution >= 0.6 is 11.3 Å². The molecule has 0 aliphatic rings. The Labute approximate surface area is 93.8 Å². The SMILES string of the molecule is C[C@@H](Cc1ccccc1)c1csc(N)[nH+]1. The minimum Gasteiger partial charge on any atom is -0.278 e. The number of benzene rings is 1. The van der Waals surface area contributed by atoms with Crippen molar-refractivity contribution in [1.29, 1.82) is 0 Å². The van der Waals surface area contributed by atoms with Gasteiger partial charge in [0.15, 0.2) is 0 Å². The molecule has 0 radical (unpaired) electrons. The molecule has 0 amide bonds. The van der Waals surface area contributed by atoms with Gasteiger partial charge in [-0.2, -0.15) is 0 Å². The lowest BCUT2D eigenvalue weighted by molar-refractivity contribution is -0.369. The van der Waals surface area contributed by atoms with E-state index < -0.39 is 0 Å². The first-order valence-corrected chi connectivity index (χ1v) is 5.94. The van der Waals surface area contributed by atoms with Crippen LogP contribution in [-0.2, 0) is 6.42 Å². The highest BCUT2D eigenvalue weighted by Crippen LogP contribution is 2.19. The number of anilines is 1.